The predicted molar refractivity (Wildman–Crippen MR) is 101 cm³/mol. The lowest BCUT2D eigenvalue weighted by atomic mass is 10.1. The Labute approximate surface area is 156 Å². The zero-order valence-corrected chi connectivity index (χ0v) is 15.2. The fraction of sp³-hybridized carbons (Fsp3) is 0.263. The van der Waals surface area contributed by atoms with Gasteiger partial charge in [-0.25, -0.2) is 0 Å². The molecule has 0 spiro atoms. The van der Waals surface area contributed by atoms with E-state index < -0.39 is 16.7 Å². The van der Waals surface area contributed by atoms with Crippen LogP contribution < -0.4 is 15.4 Å². The van der Waals surface area contributed by atoms with Crippen molar-refractivity contribution in [1.29, 1.82) is 0 Å². The highest BCUT2D eigenvalue weighted by molar-refractivity contribution is 6.39. The van der Waals surface area contributed by atoms with Gasteiger partial charge in [0, 0.05) is 23.9 Å². The molecule has 0 saturated heterocycles. The molecule has 142 valence electrons. The first-order valence-corrected chi connectivity index (χ1v) is 8.44. The maximum atomic E-state index is 12.0. The molecule has 0 heterocycles. The van der Waals surface area contributed by atoms with Gasteiger partial charge in [0.25, 0.3) is 5.69 Å². The minimum absolute atomic E-state index is 0.0878. The number of carbonyl (C=O) groups excluding carboxylic acids is 2. The van der Waals surface area contributed by atoms with E-state index in [2.05, 4.69) is 10.6 Å². The third-order valence-electron chi connectivity index (χ3n) is 3.99. The summed E-state index contributed by atoms with van der Waals surface area (Å²) in [6.45, 7) is 2.09. The van der Waals surface area contributed by atoms with Crippen LogP contribution in [0.15, 0.2) is 42.5 Å². The number of nitrogens with one attached hydrogen (secondary N) is 2. The molecule has 0 fully saturated rings. The van der Waals surface area contributed by atoms with E-state index in [0.29, 0.717) is 18.4 Å². The molecule has 0 atom stereocenters. The lowest BCUT2D eigenvalue weighted by molar-refractivity contribution is -0.385. The van der Waals surface area contributed by atoms with Gasteiger partial charge in [0.05, 0.1) is 12.0 Å². The van der Waals surface area contributed by atoms with Gasteiger partial charge in [-0.3, -0.25) is 19.7 Å². The van der Waals surface area contributed by atoms with E-state index in [1.165, 1.54) is 12.1 Å². The molecule has 2 aromatic rings. The molecule has 0 saturated carbocycles. The first-order chi connectivity index (χ1) is 12.9. The van der Waals surface area contributed by atoms with Gasteiger partial charge < -0.3 is 15.4 Å². The summed E-state index contributed by atoms with van der Waals surface area (Å²) in [5, 5.41) is 16.0. The van der Waals surface area contributed by atoms with E-state index in [1.807, 2.05) is 24.3 Å². The minimum atomic E-state index is -0.872. The molecule has 2 aromatic carbocycles. The van der Waals surface area contributed by atoms with Crippen LogP contribution in [0.1, 0.15) is 18.1 Å². The van der Waals surface area contributed by atoms with Crippen LogP contribution in [-0.2, 0) is 22.4 Å². The van der Waals surface area contributed by atoms with E-state index in [-0.39, 0.29) is 17.9 Å². The number of methoxy groups -OCH3 is 1. The number of aryl methyl sites for hydroxylation is 1. The van der Waals surface area contributed by atoms with Crippen molar-refractivity contribution in [2.45, 2.75) is 19.8 Å². The molecule has 8 nitrogen and oxygen atoms in total. The molecule has 2 amide bonds. The lowest BCUT2D eigenvalue weighted by Gasteiger charge is -2.08. The van der Waals surface area contributed by atoms with Crippen molar-refractivity contribution >= 4 is 23.2 Å². The molecule has 0 aromatic heterocycles. The van der Waals surface area contributed by atoms with Gasteiger partial charge in [-0.15, -0.1) is 0 Å². The number of amides is 2. The van der Waals surface area contributed by atoms with Crippen LogP contribution in [0.25, 0.3) is 0 Å². The zero-order chi connectivity index (χ0) is 19.8. The monoisotopic (exact) mass is 371 g/mol. The van der Waals surface area contributed by atoms with E-state index in [0.717, 1.165) is 11.3 Å². The third-order valence-corrected chi connectivity index (χ3v) is 3.99. The summed E-state index contributed by atoms with van der Waals surface area (Å²) in [7, 11) is 1.58. The largest absolute Gasteiger partial charge is 0.497 e. The zero-order valence-electron chi connectivity index (χ0n) is 15.2. The van der Waals surface area contributed by atoms with Gasteiger partial charge in [-0.1, -0.05) is 25.1 Å². The molecule has 0 aliphatic carbocycles. The smallest absolute Gasteiger partial charge is 0.313 e. The van der Waals surface area contributed by atoms with Crippen LogP contribution >= 0.6 is 0 Å². The lowest BCUT2D eigenvalue weighted by Crippen LogP contribution is -2.36. The number of hydrogen-bond acceptors (Lipinski definition) is 5. The Morgan fingerprint density at radius 2 is 1.81 bits per heavy atom. The number of ether oxygens (including phenoxy) is 1. The number of anilines is 1. The molecular formula is C19H21N3O5. The molecule has 2 rings (SSSR count). The minimum Gasteiger partial charge on any atom is -0.497 e. The molecular weight excluding hydrogens is 350 g/mol. The van der Waals surface area contributed by atoms with Gasteiger partial charge in [0.2, 0.25) is 0 Å². The van der Waals surface area contributed by atoms with Gasteiger partial charge in [0.15, 0.2) is 0 Å². The first kappa shape index (κ1) is 19.9. The van der Waals surface area contributed by atoms with Crippen molar-refractivity contribution in [3.63, 3.8) is 0 Å². The molecule has 2 N–H and O–H groups in total. The average molecular weight is 371 g/mol. The number of rotatable bonds is 7. The fourth-order valence-electron chi connectivity index (χ4n) is 2.49. The van der Waals surface area contributed by atoms with Crippen LogP contribution in [0.2, 0.25) is 0 Å². The fourth-order valence-corrected chi connectivity index (χ4v) is 2.49. The predicted octanol–water partition coefficient (Wildman–Crippen LogP) is 2.46. The summed E-state index contributed by atoms with van der Waals surface area (Å²) in [5.41, 5.74) is 1.66. The van der Waals surface area contributed by atoms with Crippen LogP contribution in [0.5, 0.6) is 5.75 Å². The van der Waals surface area contributed by atoms with E-state index >= 15 is 0 Å². The summed E-state index contributed by atoms with van der Waals surface area (Å²) < 4.78 is 5.07. The molecule has 0 aliphatic rings. The Kier molecular flexibility index (Phi) is 6.87. The average Bonchev–Trinajstić information content (AvgIpc) is 2.68. The Morgan fingerprint density at radius 1 is 1.11 bits per heavy atom. The molecule has 8 heteroatoms. The Hall–Kier alpha value is -3.42. The summed E-state index contributed by atoms with van der Waals surface area (Å²) in [6, 6.07) is 11.7. The Morgan fingerprint density at radius 3 is 2.41 bits per heavy atom. The highest BCUT2D eigenvalue weighted by Crippen LogP contribution is 2.23. The van der Waals surface area contributed by atoms with Gasteiger partial charge in [0.1, 0.15) is 5.75 Å². The maximum absolute atomic E-state index is 12.0. The van der Waals surface area contributed by atoms with Gasteiger partial charge >= 0.3 is 11.8 Å². The Bertz CT molecular complexity index is 834. The van der Waals surface area contributed by atoms with Gasteiger partial charge in [-0.05, 0) is 36.6 Å². The molecule has 0 bridgehead atoms. The second-order valence-corrected chi connectivity index (χ2v) is 5.76. The summed E-state index contributed by atoms with van der Waals surface area (Å²) in [4.78, 5) is 34.4. The topological polar surface area (TPSA) is 111 Å². The van der Waals surface area contributed by atoms with Crippen molar-refractivity contribution in [2.24, 2.45) is 0 Å². The van der Waals surface area contributed by atoms with Crippen LogP contribution in [0, 0.1) is 10.1 Å². The number of nitrogens with zero attached hydrogens (tertiary/aromatic N) is 1. The molecule has 0 aliphatic heterocycles. The Balaban J connectivity index is 1.88. The van der Waals surface area contributed by atoms with Crippen LogP contribution in [-0.4, -0.2) is 30.4 Å². The number of benzene rings is 2. The number of carbonyl (C=O) groups is 2. The standard InChI is InChI=1S/C19H21N3O5/c1-3-14-6-7-15(12-17(14)22(25)26)21-19(24)18(23)20-11-10-13-4-8-16(27-2)9-5-13/h4-9,12H,3,10-11H2,1-2H3,(H,20,23)(H,21,24). The van der Waals surface area contributed by atoms with Crippen molar-refractivity contribution in [3.05, 3.63) is 63.7 Å². The van der Waals surface area contributed by atoms with Gasteiger partial charge in [-0.2, -0.15) is 0 Å². The normalized spacial score (nSPS) is 10.1. The SMILES string of the molecule is CCc1ccc(NC(=O)C(=O)NCCc2ccc(OC)cc2)cc1[N+](=O)[O-]. The van der Waals surface area contributed by atoms with Crippen molar-refractivity contribution in [2.75, 3.05) is 19.0 Å². The highest BCUT2D eigenvalue weighted by Gasteiger charge is 2.17. The van der Waals surface area contributed by atoms with E-state index in [1.54, 1.807) is 20.1 Å². The molecule has 27 heavy (non-hydrogen) atoms. The number of hydrogen-bond donors (Lipinski definition) is 2. The highest BCUT2D eigenvalue weighted by atomic mass is 16.6. The van der Waals surface area contributed by atoms with Crippen molar-refractivity contribution in [1.82, 2.24) is 5.32 Å². The first-order valence-electron chi connectivity index (χ1n) is 8.44. The van der Waals surface area contributed by atoms with Crippen molar-refractivity contribution < 1.29 is 19.2 Å². The van der Waals surface area contributed by atoms with E-state index in [9.17, 15) is 19.7 Å². The quantitative estimate of drug-likeness (QED) is 0.441. The van der Waals surface area contributed by atoms with E-state index in [4.69, 9.17) is 4.74 Å². The maximum Gasteiger partial charge on any atom is 0.313 e. The second kappa shape index (κ2) is 9.33. The summed E-state index contributed by atoms with van der Waals surface area (Å²) in [5.74, 6) is -0.931. The summed E-state index contributed by atoms with van der Waals surface area (Å²) >= 11 is 0. The van der Waals surface area contributed by atoms with Crippen LogP contribution in [0.4, 0.5) is 11.4 Å². The summed E-state index contributed by atoms with van der Waals surface area (Å²) in [6.07, 6.45) is 1.05. The number of nitro benzene ring substituents is 1. The van der Waals surface area contributed by atoms with Crippen LogP contribution in [0.3, 0.4) is 0 Å². The second-order valence-electron chi connectivity index (χ2n) is 5.76. The molecule has 0 unspecified atom stereocenters. The van der Waals surface area contributed by atoms with Crippen molar-refractivity contribution in [3.8, 4) is 5.75 Å². The molecule has 0 radical (unpaired) electrons. The third kappa shape index (κ3) is 5.53. The number of nitro groups is 1.